The Bertz CT molecular complexity index is 683. The Morgan fingerprint density at radius 1 is 1.52 bits per heavy atom. The summed E-state index contributed by atoms with van der Waals surface area (Å²) in [7, 11) is 1.61. The molecule has 2 aromatic rings. The van der Waals surface area contributed by atoms with Crippen LogP contribution in [0.4, 0.5) is 5.69 Å². The van der Waals surface area contributed by atoms with E-state index in [2.05, 4.69) is 0 Å². The van der Waals surface area contributed by atoms with Crippen LogP contribution in [-0.2, 0) is 4.74 Å². The third kappa shape index (κ3) is 2.45. The third-order valence-electron chi connectivity index (χ3n) is 3.66. The van der Waals surface area contributed by atoms with E-state index in [1.165, 1.54) is 11.3 Å². The summed E-state index contributed by atoms with van der Waals surface area (Å²) in [6, 6.07) is 5.72. The van der Waals surface area contributed by atoms with Crippen molar-refractivity contribution >= 4 is 33.0 Å². The van der Waals surface area contributed by atoms with Crippen LogP contribution in [-0.4, -0.2) is 43.7 Å². The summed E-state index contributed by atoms with van der Waals surface area (Å²) in [5, 5.41) is 0.828. The smallest absolute Gasteiger partial charge is 0.266 e. The lowest BCUT2D eigenvalue weighted by Gasteiger charge is -2.30. The number of fused-ring (bicyclic) bond motifs is 1. The summed E-state index contributed by atoms with van der Waals surface area (Å²) >= 11 is 1.42. The SMILES string of the molecule is COc1cccc2sc(C(=O)N3CCOC(C)C3)c(N)c12. The summed E-state index contributed by atoms with van der Waals surface area (Å²) in [6.07, 6.45) is 0.0628. The molecule has 21 heavy (non-hydrogen) atoms. The lowest BCUT2D eigenvalue weighted by atomic mass is 10.2. The van der Waals surface area contributed by atoms with Crippen LogP contribution in [0.1, 0.15) is 16.6 Å². The number of hydrogen-bond donors (Lipinski definition) is 1. The molecule has 1 amide bonds. The molecule has 0 aliphatic carbocycles. The highest BCUT2D eigenvalue weighted by atomic mass is 32.1. The van der Waals surface area contributed by atoms with Crippen molar-refractivity contribution in [2.24, 2.45) is 0 Å². The molecule has 0 saturated carbocycles. The number of nitrogen functional groups attached to an aromatic ring is 1. The van der Waals surface area contributed by atoms with Crippen molar-refractivity contribution in [1.82, 2.24) is 4.90 Å². The zero-order chi connectivity index (χ0) is 15.0. The van der Waals surface area contributed by atoms with Crippen molar-refractivity contribution in [3.8, 4) is 5.75 Å². The number of nitrogens with zero attached hydrogens (tertiary/aromatic N) is 1. The van der Waals surface area contributed by atoms with Gasteiger partial charge in [0.15, 0.2) is 0 Å². The van der Waals surface area contributed by atoms with Crippen LogP contribution in [0.15, 0.2) is 18.2 Å². The molecule has 5 nitrogen and oxygen atoms in total. The molecule has 6 heteroatoms. The Hall–Kier alpha value is -1.79. The maximum Gasteiger partial charge on any atom is 0.266 e. The van der Waals surface area contributed by atoms with Crippen LogP contribution < -0.4 is 10.5 Å². The number of thiophene rings is 1. The van der Waals surface area contributed by atoms with Crippen molar-refractivity contribution in [3.05, 3.63) is 23.1 Å². The van der Waals surface area contributed by atoms with E-state index in [9.17, 15) is 4.79 Å². The van der Waals surface area contributed by atoms with Crippen molar-refractivity contribution < 1.29 is 14.3 Å². The van der Waals surface area contributed by atoms with E-state index in [1.807, 2.05) is 30.0 Å². The van der Waals surface area contributed by atoms with E-state index in [4.69, 9.17) is 15.2 Å². The Balaban J connectivity index is 2.00. The van der Waals surface area contributed by atoms with Gasteiger partial charge in [-0.15, -0.1) is 11.3 Å². The van der Waals surface area contributed by atoms with Crippen LogP contribution >= 0.6 is 11.3 Å². The van der Waals surface area contributed by atoms with Gasteiger partial charge in [-0.3, -0.25) is 4.79 Å². The second-order valence-corrected chi connectivity index (χ2v) is 6.16. The predicted molar refractivity (Wildman–Crippen MR) is 84.1 cm³/mol. The van der Waals surface area contributed by atoms with E-state index >= 15 is 0 Å². The Morgan fingerprint density at radius 2 is 2.33 bits per heavy atom. The van der Waals surface area contributed by atoms with Gasteiger partial charge < -0.3 is 20.1 Å². The molecule has 0 bridgehead atoms. The molecule has 2 heterocycles. The van der Waals surface area contributed by atoms with Crippen LogP contribution in [0, 0.1) is 0 Å². The summed E-state index contributed by atoms with van der Waals surface area (Å²) in [5.74, 6) is 0.682. The van der Waals surface area contributed by atoms with E-state index in [-0.39, 0.29) is 12.0 Å². The maximum absolute atomic E-state index is 12.7. The van der Waals surface area contributed by atoms with Gasteiger partial charge in [-0.1, -0.05) is 6.07 Å². The minimum Gasteiger partial charge on any atom is -0.496 e. The standard InChI is InChI=1S/C15H18N2O3S/c1-9-8-17(6-7-20-9)15(18)14-13(16)12-10(19-2)4-3-5-11(12)21-14/h3-5,9H,6-8,16H2,1-2H3. The highest BCUT2D eigenvalue weighted by Crippen LogP contribution is 2.40. The molecule has 1 fully saturated rings. The molecule has 1 aromatic heterocycles. The topological polar surface area (TPSA) is 64.8 Å². The predicted octanol–water partition coefficient (Wildman–Crippen LogP) is 2.35. The number of ether oxygens (including phenoxy) is 2. The minimum absolute atomic E-state index is 0.0223. The minimum atomic E-state index is -0.0223. The van der Waals surface area contributed by atoms with Gasteiger partial charge in [0.25, 0.3) is 5.91 Å². The van der Waals surface area contributed by atoms with Crippen molar-refractivity contribution in [1.29, 1.82) is 0 Å². The molecule has 1 saturated heterocycles. The van der Waals surface area contributed by atoms with E-state index < -0.39 is 0 Å². The van der Waals surface area contributed by atoms with Gasteiger partial charge in [0, 0.05) is 17.8 Å². The number of carbonyl (C=O) groups is 1. The molecular weight excluding hydrogens is 288 g/mol. The largest absolute Gasteiger partial charge is 0.496 e. The van der Waals surface area contributed by atoms with Gasteiger partial charge in [0.1, 0.15) is 10.6 Å². The molecule has 1 aromatic carbocycles. The first-order chi connectivity index (χ1) is 10.1. The average molecular weight is 306 g/mol. The maximum atomic E-state index is 12.7. The van der Waals surface area contributed by atoms with Crippen LogP contribution in [0.2, 0.25) is 0 Å². The summed E-state index contributed by atoms with van der Waals surface area (Å²) in [5.41, 5.74) is 6.72. The van der Waals surface area contributed by atoms with Crippen molar-refractivity contribution in [2.45, 2.75) is 13.0 Å². The van der Waals surface area contributed by atoms with Gasteiger partial charge in [0.05, 0.1) is 30.9 Å². The average Bonchev–Trinajstić information content (AvgIpc) is 2.84. The van der Waals surface area contributed by atoms with Crippen LogP contribution in [0.25, 0.3) is 10.1 Å². The van der Waals surface area contributed by atoms with Gasteiger partial charge in [-0.25, -0.2) is 0 Å². The first-order valence-corrected chi connectivity index (χ1v) is 7.69. The summed E-state index contributed by atoms with van der Waals surface area (Å²) in [6.45, 7) is 3.75. The molecule has 3 rings (SSSR count). The molecule has 1 aliphatic heterocycles. The number of carbonyl (C=O) groups excluding carboxylic acids is 1. The first-order valence-electron chi connectivity index (χ1n) is 6.87. The fraction of sp³-hybridized carbons (Fsp3) is 0.400. The molecule has 2 N–H and O–H groups in total. The lowest BCUT2D eigenvalue weighted by Crippen LogP contribution is -2.44. The number of morpholine rings is 1. The normalized spacial score (nSPS) is 19.0. The Kier molecular flexibility index (Phi) is 3.73. The quantitative estimate of drug-likeness (QED) is 0.925. The zero-order valence-corrected chi connectivity index (χ0v) is 12.9. The van der Waals surface area contributed by atoms with Gasteiger partial charge in [0.2, 0.25) is 0 Å². The number of benzene rings is 1. The van der Waals surface area contributed by atoms with Gasteiger partial charge in [-0.05, 0) is 19.1 Å². The molecule has 1 unspecified atom stereocenters. The Labute approximate surface area is 127 Å². The Morgan fingerprint density at radius 3 is 3.05 bits per heavy atom. The number of rotatable bonds is 2. The second kappa shape index (κ2) is 5.54. The summed E-state index contributed by atoms with van der Waals surface area (Å²) in [4.78, 5) is 15.1. The number of methoxy groups -OCH3 is 1. The fourth-order valence-corrected chi connectivity index (χ4v) is 3.72. The molecule has 112 valence electrons. The number of hydrogen-bond acceptors (Lipinski definition) is 5. The summed E-state index contributed by atoms with van der Waals surface area (Å²) < 4.78 is 11.8. The van der Waals surface area contributed by atoms with Gasteiger partial charge >= 0.3 is 0 Å². The van der Waals surface area contributed by atoms with Crippen molar-refractivity contribution in [2.75, 3.05) is 32.5 Å². The van der Waals surface area contributed by atoms with Crippen LogP contribution in [0.5, 0.6) is 5.75 Å². The monoisotopic (exact) mass is 306 g/mol. The highest BCUT2D eigenvalue weighted by molar-refractivity contribution is 7.21. The molecule has 1 aliphatic rings. The lowest BCUT2D eigenvalue weighted by molar-refractivity contribution is -0.0122. The second-order valence-electron chi connectivity index (χ2n) is 5.11. The molecule has 0 spiro atoms. The molecular formula is C15H18N2O3S. The number of nitrogens with two attached hydrogens (primary N) is 1. The van der Waals surface area contributed by atoms with E-state index in [0.29, 0.717) is 36.0 Å². The van der Waals surface area contributed by atoms with Crippen LogP contribution in [0.3, 0.4) is 0 Å². The first kappa shape index (κ1) is 14.2. The number of amides is 1. The fourth-order valence-electron chi connectivity index (χ4n) is 2.62. The third-order valence-corrected chi connectivity index (χ3v) is 4.82. The number of anilines is 1. The van der Waals surface area contributed by atoms with E-state index in [0.717, 1.165) is 10.1 Å². The highest BCUT2D eigenvalue weighted by Gasteiger charge is 2.26. The molecule has 1 atom stereocenters. The zero-order valence-electron chi connectivity index (χ0n) is 12.1. The molecule has 0 radical (unpaired) electrons. The van der Waals surface area contributed by atoms with E-state index in [1.54, 1.807) is 7.11 Å². The van der Waals surface area contributed by atoms with Crippen molar-refractivity contribution in [3.63, 3.8) is 0 Å². The van der Waals surface area contributed by atoms with Gasteiger partial charge in [-0.2, -0.15) is 0 Å².